The lowest BCUT2D eigenvalue weighted by atomic mass is 10.4. The average molecular weight is 163 g/mol. The summed E-state index contributed by atoms with van der Waals surface area (Å²) < 4.78 is 0. The number of aromatic nitrogens is 1. The van der Waals surface area contributed by atoms with Crippen molar-refractivity contribution in [1.29, 1.82) is 0 Å². The molecule has 1 rings (SSSR count). The minimum absolute atomic E-state index is 0.366. The van der Waals surface area contributed by atoms with Gasteiger partial charge in [0.1, 0.15) is 5.69 Å². The summed E-state index contributed by atoms with van der Waals surface area (Å²) in [7, 11) is 0. The fourth-order valence-electron chi connectivity index (χ4n) is 0.830. The van der Waals surface area contributed by atoms with Gasteiger partial charge in [0, 0.05) is 5.69 Å². The van der Waals surface area contributed by atoms with Crippen LogP contribution in [-0.4, -0.2) is 17.2 Å². The van der Waals surface area contributed by atoms with E-state index in [1.54, 1.807) is 6.08 Å². The Hall–Kier alpha value is -1.84. The molecule has 0 aliphatic carbocycles. The van der Waals surface area contributed by atoms with Gasteiger partial charge in [0.05, 0.1) is 0 Å². The van der Waals surface area contributed by atoms with Crippen LogP contribution in [0.15, 0.2) is 23.7 Å². The first-order valence-corrected chi connectivity index (χ1v) is 3.46. The molecule has 0 unspecified atom stereocenters. The van der Waals surface area contributed by atoms with Crippen molar-refractivity contribution in [3.05, 3.63) is 30.1 Å². The molecule has 0 spiro atoms. The molecule has 1 aromatic rings. The van der Waals surface area contributed by atoms with Crippen LogP contribution in [0.3, 0.4) is 0 Å². The van der Waals surface area contributed by atoms with Crippen molar-refractivity contribution in [3.63, 3.8) is 0 Å². The van der Waals surface area contributed by atoms with E-state index in [-0.39, 0.29) is 0 Å². The minimum atomic E-state index is 0.366. The van der Waals surface area contributed by atoms with E-state index in [1.165, 1.54) is 0 Å². The topological polar surface area (TPSA) is 79.8 Å². The van der Waals surface area contributed by atoms with Crippen molar-refractivity contribution < 1.29 is 5.41 Å². The van der Waals surface area contributed by atoms with Crippen LogP contribution >= 0.6 is 0 Å². The van der Waals surface area contributed by atoms with Gasteiger partial charge in [-0.15, -0.1) is 0 Å². The third-order valence-corrected chi connectivity index (χ3v) is 1.42. The molecule has 0 aromatic carbocycles. The fraction of sp³-hybridized carbons (Fsp3) is 0. The van der Waals surface area contributed by atoms with Gasteiger partial charge < -0.3 is 10.7 Å². The molecule has 5 N–H and O–H groups in total. The van der Waals surface area contributed by atoms with Crippen molar-refractivity contribution in [2.45, 2.75) is 0 Å². The molecule has 1 heterocycles. The molecular formula is C8H11N4+. The van der Waals surface area contributed by atoms with Crippen molar-refractivity contribution in [2.24, 2.45) is 10.7 Å². The summed E-state index contributed by atoms with van der Waals surface area (Å²) in [4.78, 5) is 6.72. The largest absolute Gasteiger partial charge is 0.361 e. The number of aromatic amines is 1. The molecule has 0 aliphatic rings. The van der Waals surface area contributed by atoms with Gasteiger partial charge in [-0.2, -0.15) is 0 Å². The highest BCUT2D eigenvalue weighted by Gasteiger charge is 2.03. The lowest BCUT2D eigenvalue weighted by molar-refractivity contribution is -0.106. The zero-order chi connectivity index (χ0) is 8.97. The standard InChI is InChI=1S/C8H10N4/c1-2-6-3-4-7(12-6)8(10)11-5-9/h2-5,12H,1H2,(H3,9,10,11)/p+1. The molecule has 0 atom stereocenters. The van der Waals surface area contributed by atoms with Gasteiger partial charge in [0.25, 0.3) is 12.2 Å². The molecular weight excluding hydrogens is 152 g/mol. The lowest BCUT2D eigenvalue weighted by Gasteiger charge is -1.87. The van der Waals surface area contributed by atoms with Gasteiger partial charge in [-0.25, -0.2) is 0 Å². The van der Waals surface area contributed by atoms with Gasteiger partial charge in [-0.3, -0.25) is 5.41 Å². The molecule has 0 saturated heterocycles. The summed E-state index contributed by atoms with van der Waals surface area (Å²) in [5.41, 5.74) is 7.19. The van der Waals surface area contributed by atoms with E-state index < -0.39 is 0 Å². The van der Waals surface area contributed by atoms with Gasteiger partial charge in [-0.05, 0) is 23.2 Å². The van der Waals surface area contributed by atoms with Crippen LogP contribution in [0.5, 0.6) is 0 Å². The molecule has 0 amide bonds. The van der Waals surface area contributed by atoms with Crippen molar-refractivity contribution in [1.82, 2.24) is 4.98 Å². The number of aliphatic imine (C=N–C) groups is 1. The van der Waals surface area contributed by atoms with Crippen molar-refractivity contribution in [3.8, 4) is 0 Å². The normalized spacial score (nSPS) is 11.2. The van der Waals surface area contributed by atoms with Crippen LogP contribution in [0.4, 0.5) is 0 Å². The Kier molecular flexibility index (Phi) is 2.42. The van der Waals surface area contributed by atoms with Crippen LogP contribution in [0, 0.1) is 0 Å². The Morgan fingerprint density at radius 2 is 2.42 bits per heavy atom. The smallest absolute Gasteiger partial charge is 0.280 e. The number of rotatable bonds is 3. The van der Waals surface area contributed by atoms with Crippen molar-refractivity contribution >= 4 is 18.3 Å². The highest BCUT2D eigenvalue weighted by atomic mass is 14.9. The van der Waals surface area contributed by atoms with Gasteiger partial charge in [0.15, 0.2) is 0 Å². The molecule has 4 nitrogen and oxygen atoms in total. The predicted molar refractivity (Wildman–Crippen MR) is 49.6 cm³/mol. The van der Waals surface area contributed by atoms with Crippen LogP contribution in [0.1, 0.15) is 11.4 Å². The predicted octanol–water partition coefficient (Wildman–Crippen LogP) is -0.850. The zero-order valence-electron chi connectivity index (χ0n) is 6.62. The van der Waals surface area contributed by atoms with Gasteiger partial charge in [0.2, 0.25) is 0 Å². The molecule has 62 valence electrons. The Morgan fingerprint density at radius 1 is 1.67 bits per heavy atom. The van der Waals surface area contributed by atoms with Crippen LogP contribution < -0.4 is 11.1 Å². The average Bonchev–Trinajstić information content (AvgIpc) is 2.52. The minimum Gasteiger partial charge on any atom is -0.361 e. The zero-order valence-corrected chi connectivity index (χ0v) is 6.62. The van der Waals surface area contributed by atoms with Gasteiger partial charge in [-0.1, -0.05) is 6.58 Å². The fourth-order valence-corrected chi connectivity index (χ4v) is 0.830. The molecule has 4 heteroatoms. The lowest BCUT2D eigenvalue weighted by Crippen LogP contribution is -2.30. The van der Waals surface area contributed by atoms with E-state index in [9.17, 15) is 0 Å². The molecule has 0 fully saturated rings. The summed E-state index contributed by atoms with van der Waals surface area (Å²) in [5.74, 6) is 0.366. The third kappa shape index (κ3) is 1.60. The number of nitrogens with two attached hydrogens (primary N) is 2. The number of hydrogen-bond acceptors (Lipinski definition) is 0. The van der Waals surface area contributed by atoms with E-state index in [4.69, 9.17) is 11.1 Å². The first kappa shape index (κ1) is 8.26. The molecule has 12 heavy (non-hydrogen) atoms. The highest BCUT2D eigenvalue weighted by molar-refractivity contribution is 5.99. The summed E-state index contributed by atoms with van der Waals surface area (Å²) in [6.45, 7) is 3.61. The first-order valence-electron chi connectivity index (χ1n) is 3.46. The summed E-state index contributed by atoms with van der Waals surface area (Å²) in [6.07, 6.45) is 2.85. The Labute approximate surface area is 70.3 Å². The molecule has 0 bridgehead atoms. The van der Waals surface area contributed by atoms with Crippen LogP contribution in [0.25, 0.3) is 6.08 Å². The number of H-pyrrole nitrogens is 1. The van der Waals surface area contributed by atoms with Crippen LogP contribution in [-0.2, 0) is 0 Å². The molecule has 1 aromatic heterocycles. The van der Waals surface area contributed by atoms with E-state index in [2.05, 4.69) is 16.6 Å². The van der Waals surface area contributed by atoms with E-state index in [1.807, 2.05) is 12.1 Å². The molecule has 0 aliphatic heterocycles. The summed E-state index contributed by atoms with van der Waals surface area (Å²) >= 11 is 0. The SMILES string of the molecule is C=Cc1ccc(C(N)=NC=[NH2+])[nH]1. The Bertz CT molecular complexity index is 322. The molecule has 0 saturated carbocycles. The van der Waals surface area contributed by atoms with Crippen LogP contribution in [0.2, 0.25) is 0 Å². The first-order chi connectivity index (χ1) is 5.77. The number of amidine groups is 1. The maximum absolute atomic E-state index is 5.55. The summed E-state index contributed by atoms with van der Waals surface area (Å²) in [5, 5.41) is 5.08. The quantitative estimate of drug-likeness (QED) is 0.394. The number of nitrogens with zero attached hydrogens (tertiary/aromatic N) is 1. The highest BCUT2D eigenvalue weighted by Crippen LogP contribution is 2.01. The number of nitrogens with one attached hydrogen (secondary N) is 1. The maximum atomic E-state index is 5.55. The molecule has 0 radical (unpaired) electrons. The Balaban J connectivity index is 2.95. The van der Waals surface area contributed by atoms with E-state index in [0.717, 1.165) is 17.7 Å². The monoisotopic (exact) mass is 163 g/mol. The van der Waals surface area contributed by atoms with Gasteiger partial charge >= 0.3 is 0 Å². The summed E-state index contributed by atoms with van der Waals surface area (Å²) in [6, 6.07) is 3.68. The van der Waals surface area contributed by atoms with E-state index >= 15 is 0 Å². The van der Waals surface area contributed by atoms with Crippen molar-refractivity contribution in [2.75, 3.05) is 0 Å². The third-order valence-electron chi connectivity index (χ3n) is 1.42. The second-order valence-electron chi connectivity index (χ2n) is 2.19. The number of hydrogen-bond donors (Lipinski definition) is 3. The maximum Gasteiger partial charge on any atom is 0.280 e. The van der Waals surface area contributed by atoms with E-state index in [0.29, 0.717) is 5.84 Å². The second kappa shape index (κ2) is 3.52. The Morgan fingerprint density at radius 3 is 2.92 bits per heavy atom. The second-order valence-corrected chi connectivity index (χ2v) is 2.19.